The van der Waals surface area contributed by atoms with Crippen molar-refractivity contribution in [2.75, 3.05) is 13.1 Å². The van der Waals surface area contributed by atoms with Crippen LogP contribution in [-0.2, 0) is 4.79 Å². The number of aliphatic hydroxyl groups is 1. The maximum Gasteiger partial charge on any atom is 0.222 e. The number of hydrogen-bond acceptors (Lipinski definition) is 2. The summed E-state index contributed by atoms with van der Waals surface area (Å²) in [7, 11) is 0. The highest BCUT2D eigenvalue weighted by Gasteiger charge is 2.26. The van der Waals surface area contributed by atoms with Crippen LogP contribution in [0.1, 0.15) is 51.9 Å². The Kier molecular flexibility index (Phi) is 5.50. The summed E-state index contributed by atoms with van der Waals surface area (Å²) in [5.74, 6) is 2.79. The van der Waals surface area contributed by atoms with Gasteiger partial charge in [-0.3, -0.25) is 4.79 Å². The fourth-order valence-corrected chi connectivity index (χ4v) is 2.17. The van der Waals surface area contributed by atoms with E-state index in [2.05, 4.69) is 5.92 Å². The van der Waals surface area contributed by atoms with E-state index in [1.54, 1.807) is 0 Å². The summed E-state index contributed by atoms with van der Waals surface area (Å²) >= 11 is 0. The van der Waals surface area contributed by atoms with E-state index in [1.165, 1.54) is 0 Å². The minimum atomic E-state index is -0.599. The summed E-state index contributed by atoms with van der Waals surface area (Å²) in [5, 5.41) is 9.94. The summed E-state index contributed by atoms with van der Waals surface area (Å²) in [4.78, 5) is 13.8. The summed E-state index contributed by atoms with van der Waals surface area (Å²) in [6.07, 6.45) is 10.7. The fraction of sp³-hybridized carbons (Fsp3) is 0.786. The number of rotatable bonds is 4. The summed E-state index contributed by atoms with van der Waals surface area (Å²) in [5.41, 5.74) is -0.599. The molecular weight excluding hydrogens is 214 g/mol. The van der Waals surface area contributed by atoms with Crippen LogP contribution in [0.2, 0.25) is 0 Å². The smallest absolute Gasteiger partial charge is 0.222 e. The first-order chi connectivity index (χ1) is 8.05. The zero-order valence-electron chi connectivity index (χ0n) is 10.7. The van der Waals surface area contributed by atoms with Gasteiger partial charge in [0.05, 0.1) is 5.60 Å². The van der Waals surface area contributed by atoms with E-state index in [0.29, 0.717) is 19.4 Å². The van der Waals surface area contributed by atoms with Gasteiger partial charge in [-0.1, -0.05) is 0 Å². The molecule has 0 aromatic heterocycles. The predicted molar refractivity (Wildman–Crippen MR) is 68.4 cm³/mol. The van der Waals surface area contributed by atoms with Gasteiger partial charge in [0.2, 0.25) is 5.91 Å². The van der Waals surface area contributed by atoms with E-state index >= 15 is 0 Å². The molecule has 3 nitrogen and oxygen atoms in total. The number of carbonyl (C=O) groups excluding carboxylic acids is 1. The van der Waals surface area contributed by atoms with Crippen molar-refractivity contribution in [3.05, 3.63) is 0 Å². The molecule has 3 heteroatoms. The first-order valence-corrected chi connectivity index (χ1v) is 6.49. The topological polar surface area (TPSA) is 40.5 Å². The van der Waals surface area contributed by atoms with Crippen LogP contribution in [-0.4, -0.2) is 34.6 Å². The average Bonchev–Trinajstić information content (AvgIpc) is 2.45. The predicted octanol–water partition coefficient (Wildman–Crippen LogP) is 1.94. The first kappa shape index (κ1) is 14.1. The third-order valence-corrected chi connectivity index (χ3v) is 3.38. The molecule has 1 saturated heterocycles. The van der Waals surface area contributed by atoms with Gasteiger partial charge in [0, 0.05) is 25.9 Å². The Bertz CT molecular complexity index is 291. The third kappa shape index (κ3) is 5.23. The minimum Gasteiger partial charge on any atom is -0.390 e. The zero-order valence-corrected chi connectivity index (χ0v) is 10.7. The van der Waals surface area contributed by atoms with Crippen LogP contribution in [0.3, 0.4) is 0 Å². The molecule has 0 aromatic rings. The van der Waals surface area contributed by atoms with Crippen molar-refractivity contribution in [1.29, 1.82) is 0 Å². The third-order valence-electron chi connectivity index (χ3n) is 3.38. The van der Waals surface area contributed by atoms with Gasteiger partial charge < -0.3 is 10.0 Å². The van der Waals surface area contributed by atoms with Gasteiger partial charge in [-0.25, -0.2) is 0 Å². The number of hydrogen-bond donors (Lipinski definition) is 1. The molecular formula is C14H23NO2. The van der Waals surface area contributed by atoms with Gasteiger partial charge in [0.15, 0.2) is 0 Å². The standard InChI is InChI=1S/C14H23NO2/c1-3-4-5-6-8-13(16)15-11-7-9-14(2,17)10-12-15/h1,17H,4-12H2,2H3. The monoisotopic (exact) mass is 237 g/mol. The second-order valence-corrected chi connectivity index (χ2v) is 5.14. The molecule has 1 aliphatic heterocycles. The van der Waals surface area contributed by atoms with Gasteiger partial charge >= 0.3 is 0 Å². The summed E-state index contributed by atoms with van der Waals surface area (Å²) in [6.45, 7) is 3.32. The van der Waals surface area contributed by atoms with Crippen LogP contribution >= 0.6 is 0 Å². The van der Waals surface area contributed by atoms with E-state index in [0.717, 1.165) is 38.6 Å². The molecule has 0 aromatic carbocycles. The molecule has 1 atom stereocenters. The van der Waals surface area contributed by atoms with Crippen molar-refractivity contribution in [2.24, 2.45) is 0 Å². The lowest BCUT2D eigenvalue weighted by atomic mass is 9.98. The molecule has 1 amide bonds. The quantitative estimate of drug-likeness (QED) is 0.599. The fourth-order valence-electron chi connectivity index (χ4n) is 2.17. The molecule has 0 spiro atoms. The zero-order chi connectivity index (χ0) is 12.7. The number of nitrogens with zero attached hydrogens (tertiary/aromatic N) is 1. The van der Waals surface area contributed by atoms with E-state index in [-0.39, 0.29) is 5.91 Å². The first-order valence-electron chi connectivity index (χ1n) is 6.49. The van der Waals surface area contributed by atoms with Crippen molar-refractivity contribution in [3.8, 4) is 12.3 Å². The van der Waals surface area contributed by atoms with Crippen LogP contribution in [0.15, 0.2) is 0 Å². The molecule has 1 heterocycles. The molecule has 17 heavy (non-hydrogen) atoms. The number of terminal acetylenes is 1. The van der Waals surface area contributed by atoms with E-state index in [9.17, 15) is 9.90 Å². The molecule has 96 valence electrons. The van der Waals surface area contributed by atoms with Crippen LogP contribution < -0.4 is 0 Å². The highest BCUT2D eigenvalue weighted by molar-refractivity contribution is 5.76. The Balaban J connectivity index is 2.30. The Morgan fingerprint density at radius 1 is 1.41 bits per heavy atom. The maximum absolute atomic E-state index is 11.9. The lowest BCUT2D eigenvalue weighted by Crippen LogP contribution is -2.33. The van der Waals surface area contributed by atoms with Crippen LogP contribution in [0, 0.1) is 12.3 Å². The van der Waals surface area contributed by atoms with Crippen molar-refractivity contribution < 1.29 is 9.90 Å². The van der Waals surface area contributed by atoms with Crippen molar-refractivity contribution >= 4 is 5.91 Å². The number of likely N-dealkylation sites (tertiary alicyclic amines) is 1. The van der Waals surface area contributed by atoms with Gasteiger partial charge in [0.1, 0.15) is 0 Å². The van der Waals surface area contributed by atoms with Crippen molar-refractivity contribution in [1.82, 2.24) is 4.90 Å². The summed E-state index contributed by atoms with van der Waals surface area (Å²) < 4.78 is 0. The molecule has 0 radical (unpaired) electrons. The molecule has 0 bridgehead atoms. The highest BCUT2D eigenvalue weighted by Crippen LogP contribution is 2.21. The Hall–Kier alpha value is -1.01. The molecule has 1 fully saturated rings. The van der Waals surface area contributed by atoms with E-state index in [1.807, 2.05) is 11.8 Å². The van der Waals surface area contributed by atoms with Crippen LogP contribution in [0.5, 0.6) is 0 Å². The average molecular weight is 237 g/mol. The number of carbonyl (C=O) groups is 1. The SMILES string of the molecule is C#CCCCCC(=O)N1CCCC(C)(O)CC1. The number of unbranched alkanes of at least 4 members (excludes halogenated alkanes) is 2. The Morgan fingerprint density at radius 2 is 2.18 bits per heavy atom. The molecule has 1 aliphatic rings. The Labute approximate surface area is 104 Å². The van der Waals surface area contributed by atoms with Crippen LogP contribution in [0.25, 0.3) is 0 Å². The van der Waals surface area contributed by atoms with Gasteiger partial charge in [-0.05, 0) is 39.0 Å². The molecule has 1 unspecified atom stereocenters. The Morgan fingerprint density at radius 3 is 2.88 bits per heavy atom. The van der Waals surface area contributed by atoms with E-state index in [4.69, 9.17) is 6.42 Å². The highest BCUT2D eigenvalue weighted by atomic mass is 16.3. The largest absolute Gasteiger partial charge is 0.390 e. The lowest BCUT2D eigenvalue weighted by molar-refractivity contribution is -0.131. The second kappa shape index (κ2) is 6.66. The van der Waals surface area contributed by atoms with E-state index < -0.39 is 5.60 Å². The van der Waals surface area contributed by atoms with Gasteiger partial charge in [-0.15, -0.1) is 12.3 Å². The molecule has 1 N–H and O–H groups in total. The van der Waals surface area contributed by atoms with Gasteiger partial charge in [-0.2, -0.15) is 0 Å². The molecule has 0 saturated carbocycles. The molecule has 1 rings (SSSR count). The summed E-state index contributed by atoms with van der Waals surface area (Å²) in [6, 6.07) is 0. The van der Waals surface area contributed by atoms with Gasteiger partial charge in [0.25, 0.3) is 0 Å². The lowest BCUT2D eigenvalue weighted by Gasteiger charge is -2.22. The number of amides is 1. The second-order valence-electron chi connectivity index (χ2n) is 5.14. The van der Waals surface area contributed by atoms with Crippen molar-refractivity contribution in [3.63, 3.8) is 0 Å². The maximum atomic E-state index is 11.9. The van der Waals surface area contributed by atoms with Crippen LogP contribution in [0.4, 0.5) is 0 Å². The normalized spacial score (nSPS) is 25.1. The van der Waals surface area contributed by atoms with Crippen molar-refractivity contribution in [2.45, 2.75) is 57.5 Å². The minimum absolute atomic E-state index is 0.208. The molecule has 0 aliphatic carbocycles.